The second kappa shape index (κ2) is 7.56. The zero-order valence-corrected chi connectivity index (χ0v) is 16.3. The Hall–Kier alpha value is -3.39. The van der Waals surface area contributed by atoms with E-state index in [-0.39, 0.29) is 17.9 Å². The van der Waals surface area contributed by atoms with Gasteiger partial charge >= 0.3 is 0 Å². The van der Waals surface area contributed by atoms with Crippen LogP contribution in [0, 0.1) is 12.7 Å². The summed E-state index contributed by atoms with van der Waals surface area (Å²) < 4.78 is 23.8. The number of fused-ring (bicyclic) bond motifs is 1. The molecule has 6 nitrogen and oxygen atoms in total. The minimum absolute atomic E-state index is 0.197. The van der Waals surface area contributed by atoms with Crippen molar-refractivity contribution in [3.05, 3.63) is 75.4 Å². The van der Waals surface area contributed by atoms with Crippen LogP contribution in [0.3, 0.4) is 0 Å². The number of thiophene rings is 1. The predicted molar refractivity (Wildman–Crippen MR) is 107 cm³/mol. The third-order valence-corrected chi connectivity index (χ3v) is 5.83. The first-order chi connectivity index (χ1) is 13.9. The van der Waals surface area contributed by atoms with Gasteiger partial charge in [-0.05, 0) is 54.4 Å². The lowest BCUT2D eigenvalue weighted by atomic mass is 10.1. The molecule has 0 radical (unpaired) electrons. The molecular weight excluding hydrogens is 395 g/mol. The fourth-order valence-corrected chi connectivity index (χ4v) is 4.37. The van der Waals surface area contributed by atoms with Gasteiger partial charge in [0.2, 0.25) is 6.79 Å². The molecule has 2 heterocycles. The van der Waals surface area contributed by atoms with Crippen LogP contribution in [0.5, 0.6) is 11.5 Å². The van der Waals surface area contributed by atoms with Gasteiger partial charge in [-0.3, -0.25) is 9.59 Å². The van der Waals surface area contributed by atoms with Crippen LogP contribution in [0.2, 0.25) is 0 Å². The minimum atomic E-state index is -0.620. The van der Waals surface area contributed by atoms with Crippen LogP contribution >= 0.6 is 11.3 Å². The lowest BCUT2D eigenvalue weighted by Gasteiger charge is -2.05. The van der Waals surface area contributed by atoms with E-state index in [2.05, 4.69) is 5.32 Å². The van der Waals surface area contributed by atoms with Gasteiger partial charge in [0.25, 0.3) is 11.8 Å². The highest BCUT2D eigenvalue weighted by Gasteiger charge is 2.22. The molecule has 0 spiro atoms. The molecule has 0 fully saturated rings. The standard InChI is InChI=1S/C21H17FN2O4S/c1-11-17(9-12-2-7-15-16(8-12)28-10-27-15)29-21(18(11)19(23)25)24-20(26)13-3-5-14(22)6-4-13/h2-8H,9-10H2,1H3,(H2,23,25)(H,24,26). The van der Waals surface area contributed by atoms with E-state index >= 15 is 0 Å². The number of carbonyl (C=O) groups excluding carboxylic acids is 2. The van der Waals surface area contributed by atoms with E-state index in [0.29, 0.717) is 22.9 Å². The summed E-state index contributed by atoms with van der Waals surface area (Å²) in [5, 5.41) is 3.10. The molecule has 1 aliphatic rings. The SMILES string of the molecule is Cc1c(Cc2ccc3c(c2)OCO3)sc(NC(=O)c2ccc(F)cc2)c1C(N)=O. The van der Waals surface area contributed by atoms with Crippen molar-refractivity contribution < 1.29 is 23.5 Å². The second-order valence-electron chi connectivity index (χ2n) is 6.54. The van der Waals surface area contributed by atoms with E-state index in [1.54, 1.807) is 6.92 Å². The smallest absolute Gasteiger partial charge is 0.256 e. The Labute approximate surface area is 170 Å². The summed E-state index contributed by atoms with van der Waals surface area (Å²) in [7, 11) is 0. The van der Waals surface area contributed by atoms with Crippen molar-refractivity contribution in [3.8, 4) is 11.5 Å². The summed E-state index contributed by atoms with van der Waals surface area (Å²) in [6.45, 7) is 1.99. The normalized spacial score (nSPS) is 12.1. The molecule has 8 heteroatoms. The number of hydrogen-bond donors (Lipinski definition) is 2. The fraction of sp³-hybridized carbons (Fsp3) is 0.143. The predicted octanol–water partition coefficient (Wildman–Crippen LogP) is 3.87. The van der Waals surface area contributed by atoms with E-state index < -0.39 is 17.6 Å². The lowest BCUT2D eigenvalue weighted by molar-refractivity contribution is 0.100. The number of nitrogens with two attached hydrogens (primary N) is 1. The maximum Gasteiger partial charge on any atom is 0.256 e. The number of nitrogens with one attached hydrogen (secondary N) is 1. The number of rotatable bonds is 5. The van der Waals surface area contributed by atoms with Gasteiger partial charge in [0, 0.05) is 16.9 Å². The highest BCUT2D eigenvalue weighted by atomic mass is 32.1. The monoisotopic (exact) mass is 412 g/mol. The molecule has 4 rings (SSSR count). The Balaban J connectivity index is 1.62. The first-order valence-electron chi connectivity index (χ1n) is 8.80. The number of anilines is 1. The molecule has 0 bridgehead atoms. The number of primary amides is 1. The van der Waals surface area contributed by atoms with E-state index in [1.807, 2.05) is 18.2 Å². The molecule has 29 heavy (non-hydrogen) atoms. The first kappa shape index (κ1) is 18.9. The Morgan fingerprint density at radius 1 is 1.14 bits per heavy atom. The van der Waals surface area contributed by atoms with Crippen LogP contribution in [0.25, 0.3) is 0 Å². The maximum atomic E-state index is 13.1. The molecular formula is C21H17FN2O4S. The van der Waals surface area contributed by atoms with Crippen molar-refractivity contribution in [1.82, 2.24) is 0 Å². The topological polar surface area (TPSA) is 90.7 Å². The highest BCUT2D eigenvalue weighted by molar-refractivity contribution is 7.17. The van der Waals surface area contributed by atoms with E-state index in [0.717, 1.165) is 16.0 Å². The van der Waals surface area contributed by atoms with Crippen molar-refractivity contribution in [1.29, 1.82) is 0 Å². The lowest BCUT2D eigenvalue weighted by Crippen LogP contribution is -2.17. The van der Waals surface area contributed by atoms with Gasteiger partial charge in [0.15, 0.2) is 11.5 Å². The molecule has 3 N–H and O–H groups in total. The molecule has 148 valence electrons. The van der Waals surface area contributed by atoms with E-state index in [1.165, 1.54) is 35.6 Å². The van der Waals surface area contributed by atoms with Gasteiger partial charge in [-0.1, -0.05) is 6.07 Å². The van der Waals surface area contributed by atoms with Crippen LogP contribution in [0.15, 0.2) is 42.5 Å². The summed E-state index contributed by atoms with van der Waals surface area (Å²) in [6, 6.07) is 10.8. The average Bonchev–Trinajstić information content (AvgIpc) is 3.26. The van der Waals surface area contributed by atoms with Gasteiger partial charge in [-0.2, -0.15) is 0 Å². The molecule has 0 aliphatic carbocycles. The van der Waals surface area contributed by atoms with Crippen molar-refractivity contribution in [2.75, 3.05) is 12.1 Å². The van der Waals surface area contributed by atoms with Gasteiger partial charge in [-0.15, -0.1) is 11.3 Å². The summed E-state index contributed by atoms with van der Waals surface area (Å²) >= 11 is 1.29. The van der Waals surface area contributed by atoms with Gasteiger partial charge in [-0.25, -0.2) is 4.39 Å². The molecule has 0 saturated carbocycles. The van der Waals surface area contributed by atoms with Crippen LogP contribution in [-0.4, -0.2) is 18.6 Å². The summed E-state index contributed by atoms with van der Waals surface area (Å²) in [5.74, 6) is -0.121. The minimum Gasteiger partial charge on any atom is -0.454 e. The van der Waals surface area contributed by atoms with Crippen molar-refractivity contribution in [3.63, 3.8) is 0 Å². The largest absolute Gasteiger partial charge is 0.454 e. The molecule has 1 aliphatic heterocycles. The number of benzene rings is 2. The average molecular weight is 412 g/mol. The molecule has 0 atom stereocenters. The molecule has 2 aromatic carbocycles. The first-order valence-corrected chi connectivity index (χ1v) is 9.61. The zero-order chi connectivity index (χ0) is 20.5. The number of amides is 2. The number of ether oxygens (including phenoxy) is 2. The Kier molecular flexibility index (Phi) is 4.94. The summed E-state index contributed by atoms with van der Waals surface area (Å²) in [5.41, 5.74) is 7.82. The van der Waals surface area contributed by atoms with Crippen molar-refractivity contribution in [2.24, 2.45) is 5.73 Å². The number of halogens is 1. The van der Waals surface area contributed by atoms with Crippen LogP contribution in [0.1, 0.15) is 36.7 Å². The van der Waals surface area contributed by atoms with Crippen molar-refractivity contribution in [2.45, 2.75) is 13.3 Å². The Morgan fingerprint density at radius 3 is 2.59 bits per heavy atom. The van der Waals surface area contributed by atoms with Crippen molar-refractivity contribution >= 4 is 28.2 Å². The quantitative estimate of drug-likeness (QED) is 0.666. The van der Waals surface area contributed by atoms with E-state index in [9.17, 15) is 14.0 Å². The van der Waals surface area contributed by atoms with Gasteiger partial charge in [0.1, 0.15) is 10.8 Å². The third kappa shape index (κ3) is 3.79. The highest BCUT2D eigenvalue weighted by Crippen LogP contribution is 2.37. The number of hydrogen-bond acceptors (Lipinski definition) is 5. The molecule has 1 aromatic heterocycles. The van der Waals surface area contributed by atoms with Gasteiger partial charge in [0.05, 0.1) is 5.56 Å². The van der Waals surface area contributed by atoms with Crippen LogP contribution < -0.4 is 20.5 Å². The van der Waals surface area contributed by atoms with Crippen LogP contribution in [-0.2, 0) is 6.42 Å². The molecule has 2 amide bonds. The molecule has 0 saturated heterocycles. The summed E-state index contributed by atoms with van der Waals surface area (Å²) in [4.78, 5) is 25.4. The maximum absolute atomic E-state index is 13.1. The molecule has 0 unspecified atom stereocenters. The van der Waals surface area contributed by atoms with Crippen LogP contribution in [0.4, 0.5) is 9.39 Å². The molecule has 3 aromatic rings. The second-order valence-corrected chi connectivity index (χ2v) is 7.65. The number of carbonyl (C=O) groups is 2. The van der Waals surface area contributed by atoms with E-state index in [4.69, 9.17) is 15.2 Å². The third-order valence-electron chi connectivity index (χ3n) is 4.63. The fourth-order valence-electron chi connectivity index (χ4n) is 3.13. The summed E-state index contributed by atoms with van der Waals surface area (Å²) in [6.07, 6.45) is 0.542. The zero-order valence-electron chi connectivity index (χ0n) is 15.5. The van der Waals surface area contributed by atoms with Gasteiger partial charge < -0.3 is 20.5 Å². The Bertz CT molecular complexity index is 1110. The Morgan fingerprint density at radius 2 is 1.86 bits per heavy atom.